The number of carbonyl (C=O) groups is 2. The molecular weight excluding hydrogens is 274 g/mol. The van der Waals surface area contributed by atoms with Crippen molar-refractivity contribution in [1.29, 1.82) is 0 Å². The highest BCUT2D eigenvalue weighted by atomic mass is 16.4. The Balaban J connectivity index is 2.03. The van der Waals surface area contributed by atoms with Gasteiger partial charge in [-0.25, -0.2) is 14.6 Å². The lowest BCUT2D eigenvalue weighted by Gasteiger charge is -2.20. The van der Waals surface area contributed by atoms with Gasteiger partial charge in [0.2, 0.25) is 0 Å². The molecule has 0 saturated carbocycles. The van der Waals surface area contributed by atoms with Crippen molar-refractivity contribution in [3.8, 4) is 0 Å². The first-order valence-corrected chi connectivity index (χ1v) is 6.21. The van der Waals surface area contributed by atoms with Gasteiger partial charge >= 0.3 is 12.0 Å². The molecule has 0 fully saturated rings. The molecule has 8 heteroatoms. The summed E-state index contributed by atoms with van der Waals surface area (Å²) in [4.78, 5) is 28.6. The molecule has 0 saturated heterocycles. The fourth-order valence-corrected chi connectivity index (χ4v) is 1.77. The molecule has 0 aliphatic heterocycles. The van der Waals surface area contributed by atoms with Crippen molar-refractivity contribution in [2.75, 3.05) is 7.05 Å². The molecular formula is C13H15N5O3. The molecule has 110 valence electrons. The Hall–Kier alpha value is -2.90. The maximum atomic E-state index is 12.0. The zero-order valence-electron chi connectivity index (χ0n) is 11.4. The highest BCUT2D eigenvalue weighted by Gasteiger charge is 2.23. The van der Waals surface area contributed by atoms with E-state index in [1.54, 1.807) is 37.4 Å². The minimum absolute atomic E-state index is 0.201. The Morgan fingerprint density at radius 1 is 1.38 bits per heavy atom. The number of hydrogen-bond donors (Lipinski definition) is 3. The predicted octanol–water partition coefficient (Wildman–Crippen LogP) is 0.772. The molecule has 21 heavy (non-hydrogen) atoms. The molecule has 2 aromatic rings. The number of rotatable bonds is 5. The van der Waals surface area contributed by atoms with Gasteiger partial charge in [-0.1, -0.05) is 30.3 Å². The van der Waals surface area contributed by atoms with Gasteiger partial charge in [-0.2, -0.15) is 5.10 Å². The number of benzene rings is 1. The van der Waals surface area contributed by atoms with Crippen LogP contribution < -0.4 is 5.32 Å². The van der Waals surface area contributed by atoms with Crippen molar-refractivity contribution >= 4 is 12.0 Å². The van der Waals surface area contributed by atoms with Crippen molar-refractivity contribution in [2.24, 2.45) is 0 Å². The van der Waals surface area contributed by atoms with Crippen LogP contribution in [0.25, 0.3) is 0 Å². The maximum absolute atomic E-state index is 12.0. The van der Waals surface area contributed by atoms with Gasteiger partial charge in [-0.15, -0.1) is 0 Å². The Morgan fingerprint density at radius 2 is 2.10 bits per heavy atom. The zero-order chi connectivity index (χ0) is 15.2. The second-order valence-corrected chi connectivity index (χ2v) is 4.42. The summed E-state index contributed by atoms with van der Waals surface area (Å²) in [6, 6.07) is 6.90. The SMILES string of the molecule is CN(Cc1ncn[nH]1)C(=O)N[C@H](C(=O)O)c1ccccc1. The van der Waals surface area contributed by atoms with Gasteiger partial charge in [0.1, 0.15) is 12.2 Å². The number of aromatic amines is 1. The van der Waals surface area contributed by atoms with Gasteiger partial charge in [-0.05, 0) is 5.56 Å². The number of nitrogens with one attached hydrogen (secondary N) is 2. The normalized spacial score (nSPS) is 11.7. The van der Waals surface area contributed by atoms with E-state index in [9.17, 15) is 14.7 Å². The first kappa shape index (κ1) is 14.5. The zero-order valence-corrected chi connectivity index (χ0v) is 11.4. The lowest BCUT2D eigenvalue weighted by atomic mass is 10.1. The second-order valence-electron chi connectivity index (χ2n) is 4.42. The van der Waals surface area contributed by atoms with Crippen molar-refractivity contribution in [3.05, 3.63) is 48.0 Å². The fourth-order valence-electron chi connectivity index (χ4n) is 1.77. The standard InChI is InChI=1S/C13H15N5O3/c1-18(7-10-14-8-15-17-10)13(21)16-11(12(19)20)9-5-3-2-4-6-9/h2-6,8,11H,7H2,1H3,(H,16,21)(H,19,20)(H,14,15,17)/t11-/m0/s1. The van der Waals surface area contributed by atoms with Gasteiger partial charge in [0, 0.05) is 7.05 Å². The second kappa shape index (κ2) is 6.51. The number of H-pyrrole nitrogens is 1. The molecule has 0 aliphatic rings. The van der Waals surface area contributed by atoms with E-state index in [1.165, 1.54) is 11.2 Å². The van der Waals surface area contributed by atoms with Gasteiger partial charge in [0.05, 0.1) is 6.54 Å². The Bertz CT molecular complexity index is 600. The third-order valence-electron chi connectivity index (χ3n) is 2.85. The first-order chi connectivity index (χ1) is 10.1. The molecule has 1 atom stereocenters. The number of carboxylic acids is 1. The van der Waals surface area contributed by atoms with E-state index in [1.807, 2.05) is 0 Å². The number of amides is 2. The Kier molecular flexibility index (Phi) is 4.50. The molecule has 1 heterocycles. The number of aromatic nitrogens is 3. The summed E-state index contributed by atoms with van der Waals surface area (Å²) in [7, 11) is 1.54. The van der Waals surface area contributed by atoms with Gasteiger partial charge in [0.15, 0.2) is 6.04 Å². The number of urea groups is 1. The molecule has 0 aliphatic carbocycles. The smallest absolute Gasteiger partial charge is 0.330 e. The van der Waals surface area contributed by atoms with E-state index in [4.69, 9.17) is 0 Å². The van der Waals surface area contributed by atoms with Crippen LogP contribution in [0.15, 0.2) is 36.7 Å². The van der Waals surface area contributed by atoms with Crippen molar-refractivity contribution < 1.29 is 14.7 Å². The van der Waals surface area contributed by atoms with Crippen LogP contribution in [0.2, 0.25) is 0 Å². The third kappa shape index (κ3) is 3.78. The van der Waals surface area contributed by atoms with Crippen LogP contribution in [0.4, 0.5) is 4.79 Å². The summed E-state index contributed by atoms with van der Waals surface area (Å²) in [5.74, 6) is -0.609. The van der Waals surface area contributed by atoms with Gasteiger partial charge in [-0.3, -0.25) is 5.10 Å². The molecule has 0 spiro atoms. The van der Waals surface area contributed by atoms with Gasteiger partial charge in [0.25, 0.3) is 0 Å². The molecule has 1 aromatic heterocycles. The average Bonchev–Trinajstić information content (AvgIpc) is 2.98. The molecule has 2 rings (SSSR count). The molecule has 0 radical (unpaired) electrons. The van der Waals surface area contributed by atoms with E-state index in [2.05, 4.69) is 20.5 Å². The number of nitrogens with zero attached hydrogens (tertiary/aromatic N) is 3. The van der Waals surface area contributed by atoms with Crippen LogP contribution >= 0.6 is 0 Å². The maximum Gasteiger partial charge on any atom is 0.330 e. The van der Waals surface area contributed by atoms with E-state index in [-0.39, 0.29) is 6.54 Å². The Labute approximate surface area is 120 Å². The number of carbonyl (C=O) groups excluding carboxylic acids is 1. The van der Waals surface area contributed by atoms with E-state index < -0.39 is 18.0 Å². The van der Waals surface area contributed by atoms with Crippen molar-refractivity contribution in [3.63, 3.8) is 0 Å². The largest absolute Gasteiger partial charge is 0.479 e. The van der Waals surface area contributed by atoms with Gasteiger partial charge < -0.3 is 15.3 Å². The topological polar surface area (TPSA) is 111 Å². The number of aliphatic carboxylic acids is 1. The van der Waals surface area contributed by atoms with Crippen LogP contribution in [-0.2, 0) is 11.3 Å². The summed E-state index contributed by atoms with van der Waals surface area (Å²) >= 11 is 0. The lowest BCUT2D eigenvalue weighted by molar-refractivity contribution is -0.139. The minimum atomic E-state index is -1.12. The predicted molar refractivity (Wildman–Crippen MR) is 73.2 cm³/mol. The molecule has 2 amide bonds. The summed E-state index contributed by atoms with van der Waals surface area (Å²) in [6.07, 6.45) is 1.34. The van der Waals surface area contributed by atoms with E-state index in [0.717, 1.165) is 0 Å². The van der Waals surface area contributed by atoms with Crippen LogP contribution in [0.3, 0.4) is 0 Å². The summed E-state index contributed by atoms with van der Waals surface area (Å²) < 4.78 is 0. The summed E-state index contributed by atoms with van der Waals surface area (Å²) in [5.41, 5.74) is 0.506. The minimum Gasteiger partial charge on any atom is -0.479 e. The molecule has 0 bridgehead atoms. The van der Waals surface area contributed by atoms with Crippen molar-refractivity contribution in [2.45, 2.75) is 12.6 Å². The average molecular weight is 289 g/mol. The highest BCUT2D eigenvalue weighted by molar-refractivity contribution is 5.83. The van der Waals surface area contributed by atoms with E-state index >= 15 is 0 Å². The number of carboxylic acid groups (broad SMARTS) is 1. The summed E-state index contributed by atoms with van der Waals surface area (Å²) in [5, 5.41) is 18.0. The monoisotopic (exact) mass is 289 g/mol. The van der Waals surface area contributed by atoms with E-state index in [0.29, 0.717) is 11.4 Å². The Morgan fingerprint density at radius 3 is 2.67 bits per heavy atom. The van der Waals surface area contributed by atoms with Crippen LogP contribution in [0, 0.1) is 0 Å². The molecule has 3 N–H and O–H groups in total. The molecule has 8 nitrogen and oxygen atoms in total. The van der Waals surface area contributed by atoms with Crippen LogP contribution in [0.5, 0.6) is 0 Å². The van der Waals surface area contributed by atoms with Crippen molar-refractivity contribution in [1.82, 2.24) is 25.4 Å². The number of hydrogen-bond acceptors (Lipinski definition) is 4. The fraction of sp³-hybridized carbons (Fsp3) is 0.231. The van der Waals surface area contributed by atoms with Crippen LogP contribution in [0.1, 0.15) is 17.4 Å². The van der Waals surface area contributed by atoms with Crippen LogP contribution in [-0.4, -0.2) is 44.2 Å². The quantitative estimate of drug-likeness (QED) is 0.753. The molecule has 0 unspecified atom stereocenters. The lowest BCUT2D eigenvalue weighted by Crippen LogP contribution is -2.41. The summed E-state index contributed by atoms with van der Waals surface area (Å²) in [6.45, 7) is 0.201. The third-order valence-corrected chi connectivity index (χ3v) is 2.85. The first-order valence-electron chi connectivity index (χ1n) is 6.21. The highest BCUT2D eigenvalue weighted by Crippen LogP contribution is 2.13. The molecule has 1 aromatic carbocycles.